The summed E-state index contributed by atoms with van der Waals surface area (Å²) in [6.45, 7) is 6.53. The van der Waals surface area contributed by atoms with Crippen molar-refractivity contribution in [2.45, 2.75) is 69.9 Å². The summed E-state index contributed by atoms with van der Waals surface area (Å²) in [6, 6.07) is 0.0736. The summed E-state index contributed by atoms with van der Waals surface area (Å²) in [6.07, 6.45) is 3.89. The van der Waals surface area contributed by atoms with Crippen molar-refractivity contribution in [2.24, 2.45) is 11.8 Å². The van der Waals surface area contributed by atoms with E-state index in [0.717, 1.165) is 19.5 Å². The monoisotopic (exact) mass is 275 g/mol. The van der Waals surface area contributed by atoms with E-state index in [0.29, 0.717) is 6.42 Å². The Morgan fingerprint density at radius 2 is 2.00 bits per heavy atom. The van der Waals surface area contributed by atoms with Gasteiger partial charge < -0.3 is 0 Å². The molecule has 1 heterocycles. The van der Waals surface area contributed by atoms with E-state index in [1.807, 2.05) is 0 Å². The van der Waals surface area contributed by atoms with Crippen molar-refractivity contribution in [1.82, 2.24) is 10.3 Å². The number of rotatable bonds is 5. The van der Waals surface area contributed by atoms with E-state index in [1.165, 1.54) is 12.8 Å². The summed E-state index contributed by atoms with van der Waals surface area (Å²) in [5.74, 6) is 3.35. The molecule has 19 heavy (non-hydrogen) atoms. The van der Waals surface area contributed by atoms with Gasteiger partial charge in [0, 0.05) is 24.4 Å². The van der Waals surface area contributed by atoms with Gasteiger partial charge in [-0.2, -0.15) is 0 Å². The number of hydrogen-bond donors (Lipinski definition) is 2. The van der Waals surface area contributed by atoms with Crippen LogP contribution in [0.15, 0.2) is 0 Å². The van der Waals surface area contributed by atoms with E-state index in [-0.39, 0.29) is 30.3 Å². The number of halogens is 2. The van der Waals surface area contributed by atoms with E-state index in [4.69, 9.17) is 5.84 Å². The lowest BCUT2D eigenvalue weighted by molar-refractivity contribution is 0.00276. The van der Waals surface area contributed by atoms with Gasteiger partial charge in [0.1, 0.15) is 0 Å². The van der Waals surface area contributed by atoms with Gasteiger partial charge in [-0.1, -0.05) is 0 Å². The third-order valence-corrected chi connectivity index (χ3v) is 5.05. The maximum Gasteiger partial charge on any atom is 0.248 e. The summed E-state index contributed by atoms with van der Waals surface area (Å²) in [5.41, 5.74) is 2.82. The van der Waals surface area contributed by atoms with Gasteiger partial charge in [0.05, 0.1) is 0 Å². The Balaban J connectivity index is 1.95. The molecule has 0 aromatic carbocycles. The molecule has 0 bridgehead atoms. The van der Waals surface area contributed by atoms with E-state index in [9.17, 15) is 8.78 Å². The maximum absolute atomic E-state index is 13.3. The van der Waals surface area contributed by atoms with Crippen molar-refractivity contribution in [3.63, 3.8) is 0 Å². The molecule has 1 saturated carbocycles. The smallest absolute Gasteiger partial charge is 0.248 e. The normalized spacial score (nSPS) is 29.8. The Labute approximate surface area is 114 Å². The first-order valence-electron chi connectivity index (χ1n) is 7.44. The van der Waals surface area contributed by atoms with E-state index < -0.39 is 5.92 Å². The van der Waals surface area contributed by atoms with Gasteiger partial charge in [-0.25, -0.2) is 8.78 Å². The molecule has 2 unspecified atom stereocenters. The molecule has 5 heteroatoms. The number of nitrogens with two attached hydrogens (primary N) is 1. The van der Waals surface area contributed by atoms with Crippen molar-refractivity contribution in [3.05, 3.63) is 0 Å². The maximum atomic E-state index is 13.3. The van der Waals surface area contributed by atoms with Gasteiger partial charge >= 0.3 is 0 Å². The minimum atomic E-state index is -2.46. The SMILES string of the molecule is CC(C)(C(CC1CCC(F)(F)C1)NN)N1CCCC1. The Kier molecular flexibility index (Phi) is 4.48. The molecule has 2 atom stereocenters. The summed E-state index contributed by atoms with van der Waals surface area (Å²) >= 11 is 0. The third-order valence-electron chi connectivity index (χ3n) is 5.05. The second-order valence-electron chi connectivity index (χ2n) is 6.77. The molecule has 0 amide bonds. The second kappa shape index (κ2) is 5.62. The van der Waals surface area contributed by atoms with Crippen LogP contribution in [0, 0.1) is 5.92 Å². The Hall–Kier alpha value is -0.260. The van der Waals surface area contributed by atoms with Crippen LogP contribution in [0.1, 0.15) is 52.4 Å². The van der Waals surface area contributed by atoms with Crippen LogP contribution in [0.3, 0.4) is 0 Å². The molecule has 0 radical (unpaired) electrons. The zero-order chi connectivity index (χ0) is 14.1. The van der Waals surface area contributed by atoms with Crippen LogP contribution in [0.4, 0.5) is 8.78 Å². The zero-order valence-electron chi connectivity index (χ0n) is 12.1. The van der Waals surface area contributed by atoms with Gasteiger partial charge in [0.2, 0.25) is 5.92 Å². The number of hydrogen-bond acceptors (Lipinski definition) is 3. The number of alkyl halides is 2. The highest BCUT2D eigenvalue weighted by Gasteiger charge is 2.43. The number of likely N-dealkylation sites (tertiary alicyclic amines) is 1. The van der Waals surface area contributed by atoms with Crippen molar-refractivity contribution < 1.29 is 8.78 Å². The third kappa shape index (κ3) is 3.44. The van der Waals surface area contributed by atoms with Crippen LogP contribution in [-0.2, 0) is 0 Å². The average molecular weight is 275 g/mol. The molecule has 1 aliphatic carbocycles. The van der Waals surface area contributed by atoms with Gasteiger partial charge in [-0.05, 0) is 58.5 Å². The Morgan fingerprint density at radius 1 is 1.37 bits per heavy atom. The quantitative estimate of drug-likeness (QED) is 0.598. The summed E-state index contributed by atoms with van der Waals surface area (Å²) < 4.78 is 26.6. The van der Waals surface area contributed by atoms with Crippen LogP contribution < -0.4 is 11.3 Å². The van der Waals surface area contributed by atoms with E-state index >= 15 is 0 Å². The van der Waals surface area contributed by atoms with Crippen LogP contribution in [0.5, 0.6) is 0 Å². The van der Waals surface area contributed by atoms with Gasteiger partial charge in [-0.15, -0.1) is 0 Å². The van der Waals surface area contributed by atoms with Gasteiger partial charge in [-0.3, -0.25) is 16.2 Å². The first-order valence-corrected chi connectivity index (χ1v) is 7.44. The Morgan fingerprint density at radius 3 is 2.47 bits per heavy atom. The number of hydrazine groups is 1. The molecule has 0 aromatic heterocycles. The highest BCUT2D eigenvalue weighted by atomic mass is 19.3. The van der Waals surface area contributed by atoms with Gasteiger partial charge in [0.25, 0.3) is 0 Å². The zero-order valence-corrected chi connectivity index (χ0v) is 12.1. The minimum Gasteiger partial charge on any atom is -0.297 e. The molecular formula is C14H27F2N3. The molecule has 3 nitrogen and oxygen atoms in total. The van der Waals surface area contributed by atoms with E-state index in [2.05, 4.69) is 24.2 Å². The molecule has 0 aromatic rings. The summed E-state index contributed by atoms with van der Waals surface area (Å²) in [4.78, 5) is 2.44. The molecule has 1 aliphatic heterocycles. The fraction of sp³-hybridized carbons (Fsp3) is 1.00. The van der Waals surface area contributed by atoms with Crippen LogP contribution in [-0.4, -0.2) is 35.5 Å². The fourth-order valence-corrected chi connectivity index (χ4v) is 3.65. The number of nitrogens with one attached hydrogen (secondary N) is 1. The predicted octanol–water partition coefficient (Wildman–Crippen LogP) is 2.52. The van der Waals surface area contributed by atoms with E-state index in [1.54, 1.807) is 0 Å². The van der Waals surface area contributed by atoms with Crippen molar-refractivity contribution >= 4 is 0 Å². The van der Waals surface area contributed by atoms with Crippen molar-refractivity contribution in [1.29, 1.82) is 0 Å². The predicted molar refractivity (Wildman–Crippen MR) is 72.9 cm³/mol. The standard InChI is InChI=1S/C14H27F2N3/c1-13(2,19-7-3-4-8-19)12(18-17)9-11-5-6-14(15,16)10-11/h11-12,18H,3-10,17H2,1-2H3. The molecular weight excluding hydrogens is 248 g/mol. The largest absolute Gasteiger partial charge is 0.297 e. The van der Waals surface area contributed by atoms with Crippen LogP contribution >= 0.6 is 0 Å². The molecule has 2 fully saturated rings. The highest BCUT2D eigenvalue weighted by Crippen LogP contribution is 2.42. The molecule has 0 spiro atoms. The lowest BCUT2D eigenvalue weighted by Gasteiger charge is -2.42. The summed E-state index contributed by atoms with van der Waals surface area (Å²) in [5, 5.41) is 0. The molecule has 112 valence electrons. The summed E-state index contributed by atoms with van der Waals surface area (Å²) in [7, 11) is 0. The van der Waals surface area contributed by atoms with Crippen molar-refractivity contribution in [2.75, 3.05) is 13.1 Å². The van der Waals surface area contributed by atoms with Gasteiger partial charge in [0.15, 0.2) is 0 Å². The second-order valence-corrected chi connectivity index (χ2v) is 6.77. The minimum absolute atomic E-state index is 0.0290. The molecule has 2 aliphatic rings. The lowest BCUT2D eigenvalue weighted by atomic mass is 9.85. The first-order chi connectivity index (χ1) is 8.85. The molecule has 2 rings (SSSR count). The first kappa shape index (κ1) is 15.1. The number of nitrogens with zero attached hydrogens (tertiary/aromatic N) is 1. The molecule has 3 N–H and O–H groups in total. The average Bonchev–Trinajstić information content (AvgIpc) is 2.95. The Bertz CT molecular complexity index is 301. The fourth-order valence-electron chi connectivity index (χ4n) is 3.65. The highest BCUT2D eigenvalue weighted by molar-refractivity contribution is 4.96. The molecule has 1 saturated heterocycles. The topological polar surface area (TPSA) is 41.3 Å². The van der Waals surface area contributed by atoms with Crippen LogP contribution in [0.2, 0.25) is 0 Å². The lowest BCUT2D eigenvalue weighted by Crippen LogP contribution is -2.59. The van der Waals surface area contributed by atoms with Crippen LogP contribution in [0.25, 0.3) is 0 Å². The van der Waals surface area contributed by atoms with Crippen molar-refractivity contribution in [3.8, 4) is 0 Å².